The van der Waals surface area contributed by atoms with Crippen LogP contribution >= 0.6 is 23.4 Å². The van der Waals surface area contributed by atoms with Crippen LogP contribution < -0.4 is 5.32 Å². The summed E-state index contributed by atoms with van der Waals surface area (Å²) in [4.78, 5) is 25.6. The third kappa shape index (κ3) is 5.25. The van der Waals surface area contributed by atoms with Crippen LogP contribution in [0.2, 0.25) is 5.02 Å². The number of halogens is 1. The average Bonchev–Trinajstić information content (AvgIpc) is 2.71. The van der Waals surface area contributed by atoms with Gasteiger partial charge >= 0.3 is 5.97 Å². The number of carboxylic acids is 1. The number of rotatable bonds is 6. The summed E-state index contributed by atoms with van der Waals surface area (Å²) in [6, 6.07) is 23.3. The Morgan fingerprint density at radius 1 is 0.893 bits per heavy atom. The maximum atomic E-state index is 12.2. The van der Waals surface area contributed by atoms with Gasteiger partial charge in [-0.25, -0.2) is 4.79 Å². The van der Waals surface area contributed by atoms with Crippen molar-refractivity contribution in [3.63, 3.8) is 0 Å². The fourth-order valence-electron chi connectivity index (χ4n) is 2.39. The Kier molecular flexibility index (Phi) is 6.53. The largest absolute Gasteiger partial charge is 0.477 e. The second-order valence-corrected chi connectivity index (χ2v) is 7.31. The number of carbonyl (C=O) groups is 2. The van der Waals surface area contributed by atoms with Crippen molar-refractivity contribution in [3.8, 4) is 0 Å². The molecule has 3 aromatic rings. The highest BCUT2D eigenvalue weighted by Crippen LogP contribution is 2.33. The van der Waals surface area contributed by atoms with E-state index < -0.39 is 11.9 Å². The van der Waals surface area contributed by atoms with E-state index in [1.54, 1.807) is 42.5 Å². The molecule has 0 fully saturated rings. The van der Waals surface area contributed by atoms with E-state index in [4.69, 9.17) is 11.6 Å². The first-order chi connectivity index (χ1) is 13.5. The van der Waals surface area contributed by atoms with Gasteiger partial charge in [-0.3, -0.25) is 4.79 Å². The number of benzene rings is 3. The Labute approximate surface area is 171 Å². The van der Waals surface area contributed by atoms with E-state index in [1.165, 1.54) is 17.8 Å². The van der Waals surface area contributed by atoms with Crippen molar-refractivity contribution in [1.82, 2.24) is 5.32 Å². The monoisotopic (exact) mass is 409 g/mol. The van der Waals surface area contributed by atoms with Crippen molar-refractivity contribution in [2.24, 2.45) is 0 Å². The molecule has 0 saturated carbocycles. The molecule has 1 amide bonds. The molecule has 3 aromatic carbocycles. The van der Waals surface area contributed by atoms with Crippen LogP contribution in [0.5, 0.6) is 0 Å². The molecule has 0 unspecified atom stereocenters. The van der Waals surface area contributed by atoms with E-state index in [0.717, 1.165) is 9.79 Å². The predicted molar refractivity (Wildman–Crippen MR) is 112 cm³/mol. The molecule has 4 nitrogen and oxygen atoms in total. The van der Waals surface area contributed by atoms with E-state index >= 15 is 0 Å². The summed E-state index contributed by atoms with van der Waals surface area (Å²) in [7, 11) is 0. The van der Waals surface area contributed by atoms with Crippen molar-refractivity contribution in [3.05, 3.63) is 101 Å². The summed E-state index contributed by atoms with van der Waals surface area (Å²) in [5, 5.41) is 12.5. The Hall–Kier alpha value is -3.02. The predicted octanol–water partition coefficient (Wildman–Crippen LogP) is 5.35. The first-order valence-corrected chi connectivity index (χ1v) is 9.56. The fraction of sp³-hybridized carbons (Fsp3) is 0. The van der Waals surface area contributed by atoms with Gasteiger partial charge in [0.15, 0.2) is 0 Å². The lowest BCUT2D eigenvalue weighted by Crippen LogP contribution is -2.27. The van der Waals surface area contributed by atoms with Crippen LogP contribution in [0, 0.1) is 0 Å². The Morgan fingerprint density at radius 3 is 2.18 bits per heavy atom. The molecule has 0 saturated heterocycles. The topological polar surface area (TPSA) is 66.4 Å². The van der Waals surface area contributed by atoms with E-state index in [-0.39, 0.29) is 5.70 Å². The van der Waals surface area contributed by atoms with Crippen molar-refractivity contribution < 1.29 is 14.7 Å². The number of hydrogen-bond acceptors (Lipinski definition) is 3. The highest BCUT2D eigenvalue weighted by atomic mass is 35.5. The van der Waals surface area contributed by atoms with Gasteiger partial charge in [-0.2, -0.15) is 0 Å². The van der Waals surface area contributed by atoms with Crippen molar-refractivity contribution in [1.29, 1.82) is 0 Å². The zero-order chi connectivity index (χ0) is 19.9. The number of amides is 1. The van der Waals surface area contributed by atoms with Crippen LogP contribution in [0.1, 0.15) is 15.9 Å². The summed E-state index contributed by atoms with van der Waals surface area (Å²) in [6.07, 6.45) is 1.42. The number of hydrogen-bond donors (Lipinski definition) is 2. The molecule has 0 heterocycles. The fourth-order valence-corrected chi connectivity index (χ4v) is 3.48. The van der Waals surface area contributed by atoms with Gasteiger partial charge in [-0.05, 0) is 48.0 Å². The zero-order valence-corrected chi connectivity index (χ0v) is 16.2. The van der Waals surface area contributed by atoms with Gasteiger partial charge < -0.3 is 10.4 Å². The molecule has 0 atom stereocenters. The van der Waals surface area contributed by atoms with Crippen LogP contribution in [0.25, 0.3) is 6.08 Å². The molecule has 0 bridgehead atoms. The van der Waals surface area contributed by atoms with E-state index in [2.05, 4.69) is 5.32 Å². The summed E-state index contributed by atoms with van der Waals surface area (Å²) in [6.45, 7) is 0. The van der Waals surface area contributed by atoms with Gasteiger partial charge in [0.25, 0.3) is 5.91 Å². The third-order valence-electron chi connectivity index (χ3n) is 3.77. The lowest BCUT2D eigenvalue weighted by Gasteiger charge is -2.07. The molecular weight excluding hydrogens is 394 g/mol. The van der Waals surface area contributed by atoms with Crippen molar-refractivity contribution in [2.45, 2.75) is 9.79 Å². The quantitative estimate of drug-likeness (QED) is 0.539. The minimum Gasteiger partial charge on any atom is -0.477 e. The van der Waals surface area contributed by atoms with Gasteiger partial charge in [0.1, 0.15) is 5.70 Å². The van der Waals surface area contributed by atoms with Crippen LogP contribution in [0.3, 0.4) is 0 Å². The van der Waals surface area contributed by atoms with Crippen molar-refractivity contribution >= 4 is 41.3 Å². The normalized spacial score (nSPS) is 11.1. The smallest absolute Gasteiger partial charge is 0.352 e. The lowest BCUT2D eigenvalue weighted by molar-refractivity contribution is -0.132. The first kappa shape index (κ1) is 19.7. The molecule has 6 heteroatoms. The number of aliphatic carboxylic acids is 1. The van der Waals surface area contributed by atoms with Gasteiger partial charge in [-0.1, -0.05) is 65.8 Å². The van der Waals surface area contributed by atoms with Gasteiger partial charge in [-0.15, -0.1) is 0 Å². The summed E-state index contributed by atoms with van der Waals surface area (Å²) in [5.41, 5.74) is 0.857. The standard InChI is InChI=1S/C22H16ClNO3S/c23-18-8-4-5-9-20(18)28-17-12-10-15(11-13-17)14-19(22(26)27)24-21(25)16-6-2-1-3-7-16/h1-14H,(H,24,25)(H,26,27)/b19-14-. The summed E-state index contributed by atoms with van der Waals surface area (Å²) < 4.78 is 0. The van der Waals surface area contributed by atoms with Crippen LogP contribution in [0.4, 0.5) is 0 Å². The van der Waals surface area contributed by atoms with E-state index in [0.29, 0.717) is 16.1 Å². The molecular formula is C22H16ClNO3S. The Bertz CT molecular complexity index is 1020. The maximum absolute atomic E-state index is 12.2. The third-order valence-corrected chi connectivity index (χ3v) is 5.30. The van der Waals surface area contributed by atoms with Crippen LogP contribution in [-0.4, -0.2) is 17.0 Å². The number of nitrogens with one attached hydrogen (secondary N) is 1. The minimum atomic E-state index is -1.21. The SMILES string of the molecule is O=C(O)/C(=C/c1ccc(Sc2ccccc2Cl)cc1)NC(=O)c1ccccc1. The molecule has 0 radical (unpaired) electrons. The van der Waals surface area contributed by atoms with Crippen LogP contribution in [0.15, 0.2) is 94.4 Å². The van der Waals surface area contributed by atoms with E-state index in [9.17, 15) is 14.7 Å². The van der Waals surface area contributed by atoms with Gasteiger partial charge in [0.2, 0.25) is 0 Å². The molecule has 3 rings (SSSR count). The molecule has 0 aliphatic heterocycles. The van der Waals surface area contributed by atoms with E-state index in [1.807, 2.05) is 36.4 Å². The molecule has 28 heavy (non-hydrogen) atoms. The lowest BCUT2D eigenvalue weighted by atomic mass is 10.1. The average molecular weight is 410 g/mol. The summed E-state index contributed by atoms with van der Waals surface area (Å²) in [5.74, 6) is -1.68. The number of carboxylic acid groups (broad SMARTS) is 1. The van der Waals surface area contributed by atoms with Crippen molar-refractivity contribution in [2.75, 3.05) is 0 Å². The van der Waals surface area contributed by atoms with Gasteiger partial charge in [0, 0.05) is 15.4 Å². The molecule has 0 spiro atoms. The Balaban J connectivity index is 1.75. The first-order valence-electron chi connectivity index (χ1n) is 8.37. The minimum absolute atomic E-state index is 0.194. The highest BCUT2D eigenvalue weighted by Gasteiger charge is 2.13. The molecule has 140 valence electrons. The molecule has 0 aliphatic rings. The second-order valence-electron chi connectivity index (χ2n) is 5.78. The molecule has 0 aliphatic carbocycles. The second kappa shape index (κ2) is 9.26. The zero-order valence-electron chi connectivity index (χ0n) is 14.6. The van der Waals surface area contributed by atoms with Crippen LogP contribution in [-0.2, 0) is 4.79 Å². The van der Waals surface area contributed by atoms with Gasteiger partial charge in [0.05, 0.1) is 5.02 Å². The highest BCUT2D eigenvalue weighted by molar-refractivity contribution is 7.99. The maximum Gasteiger partial charge on any atom is 0.352 e. The molecule has 0 aromatic heterocycles. The summed E-state index contributed by atoms with van der Waals surface area (Å²) >= 11 is 7.69. The number of carbonyl (C=O) groups excluding carboxylic acids is 1. The Morgan fingerprint density at radius 2 is 1.54 bits per heavy atom. The molecule has 2 N–H and O–H groups in total.